The summed E-state index contributed by atoms with van der Waals surface area (Å²) >= 11 is 24.6. The SMILES string of the molecule is O=C(NCc1ccc(Cl)c(Cl)c1)c1cnc(N2CCN(C3CCN(Cc4ccc(Cl)cc4)CC3)CC2)c(Cl)c1.[HH]. The number of pyridine rings is 1. The first-order chi connectivity index (χ1) is 18.9. The maximum atomic E-state index is 12.7. The Morgan fingerprint density at radius 2 is 1.54 bits per heavy atom. The van der Waals surface area contributed by atoms with E-state index in [1.54, 1.807) is 24.4 Å². The minimum Gasteiger partial charge on any atom is -0.353 e. The summed E-state index contributed by atoms with van der Waals surface area (Å²) in [5.74, 6) is 0.490. The summed E-state index contributed by atoms with van der Waals surface area (Å²) in [6.07, 6.45) is 3.95. The van der Waals surface area contributed by atoms with E-state index in [1.807, 2.05) is 18.2 Å². The van der Waals surface area contributed by atoms with Crippen LogP contribution < -0.4 is 10.2 Å². The summed E-state index contributed by atoms with van der Waals surface area (Å²) in [5.41, 5.74) is 2.59. The van der Waals surface area contributed by atoms with Crippen LogP contribution in [-0.2, 0) is 13.1 Å². The number of anilines is 1. The van der Waals surface area contributed by atoms with Crippen molar-refractivity contribution in [3.8, 4) is 0 Å². The molecule has 5 rings (SSSR count). The average Bonchev–Trinajstić information content (AvgIpc) is 2.95. The highest BCUT2D eigenvalue weighted by Crippen LogP contribution is 2.27. The number of halogens is 4. The molecule has 0 saturated carbocycles. The van der Waals surface area contributed by atoms with Gasteiger partial charge in [-0.15, -0.1) is 0 Å². The van der Waals surface area contributed by atoms with Gasteiger partial charge in [0.15, 0.2) is 0 Å². The molecule has 3 heterocycles. The maximum Gasteiger partial charge on any atom is 0.253 e. The molecule has 0 radical (unpaired) electrons. The smallest absolute Gasteiger partial charge is 0.253 e. The number of nitrogens with zero attached hydrogens (tertiary/aromatic N) is 4. The molecule has 1 amide bonds. The molecular formula is C29H33Cl4N5O. The molecule has 1 N–H and O–H groups in total. The number of piperidine rings is 1. The molecule has 2 fully saturated rings. The zero-order valence-corrected chi connectivity index (χ0v) is 24.6. The molecule has 0 atom stereocenters. The van der Waals surface area contributed by atoms with Gasteiger partial charge in [0.2, 0.25) is 0 Å². The maximum absolute atomic E-state index is 12.7. The number of carbonyl (C=O) groups is 1. The fourth-order valence-electron chi connectivity index (χ4n) is 5.31. The van der Waals surface area contributed by atoms with Crippen molar-refractivity contribution in [3.05, 3.63) is 91.5 Å². The number of rotatable bonds is 7. The van der Waals surface area contributed by atoms with Crippen molar-refractivity contribution < 1.29 is 6.22 Å². The molecule has 0 spiro atoms. The van der Waals surface area contributed by atoms with Crippen molar-refractivity contribution in [2.75, 3.05) is 44.2 Å². The molecule has 2 saturated heterocycles. The topological polar surface area (TPSA) is 51.7 Å². The van der Waals surface area contributed by atoms with Gasteiger partial charge in [0.05, 0.1) is 20.6 Å². The zero-order chi connectivity index (χ0) is 27.4. The quantitative estimate of drug-likeness (QED) is 0.325. The molecule has 1 aromatic heterocycles. The van der Waals surface area contributed by atoms with Gasteiger partial charge in [-0.2, -0.15) is 0 Å². The van der Waals surface area contributed by atoms with Crippen LogP contribution in [-0.4, -0.2) is 66.0 Å². The summed E-state index contributed by atoms with van der Waals surface area (Å²) < 4.78 is 0. The summed E-state index contributed by atoms with van der Waals surface area (Å²) in [4.78, 5) is 24.6. The van der Waals surface area contributed by atoms with Gasteiger partial charge in [-0.05, 0) is 67.4 Å². The van der Waals surface area contributed by atoms with Crippen LogP contribution in [0.1, 0.15) is 35.8 Å². The van der Waals surface area contributed by atoms with Crippen molar-refractivity contribution in [1.29, 1.82) is 0 Å². The molecule has 2 aliphatic heterocycles. The van der Waals surface area contributed by atoms with Crippen molar-refractivity contribution in [2.24, 2.45) is 0 Å². The van der Waals surface area contributed by atoms with Gasteiger partial charge in [0, 0.05) is 58.0 Å². The molecule has 208 valence electrons. The highest BCUT2D eigenvalue weighted by Gasteiger charge is 2.28. The number of nitrogens with one attached hydrogen (secondary N) is 1. The van der Waals surface area contributed by atoms with E-state index in [0.717, 1.165) is 62.2 Å². The van der Waals surface area contributed by atoms with E-state index in [2.05, 4.69) is 37.1 Å². The van der Waals surface area contributed by atoms with E-state index in [1.165, 1.54) is 18.4 Å². The standard InChI is InChI=1S/C29H31Cl4N5O.H2/c30-23-4-1-20(2-5-23)19-36-9-7-24(8-10-36)37-11-13-38(14-12-37)28-27(33)16-22(18-34-28)29(39)35-17-21-3-6-25(31)26(32)15-21;/h1-6,15-16,18,24H,7-14,17,19H2,(H,35,39);1H. The predicted molar refractivity (Wildman–Crippen MR) is 163 cm³/mol. The minimum absolute atomic E-state index is 0. The number of carbonyl (C=O) groups excluding carboxylic acids is 1. The Morgan fingerprint density at radius 3 is 2.21 bits per heavy atom. The van der Waals surface area contributed by atoms with Gasteiger partial charge in [-0.25, -0.2) is 4.98 Å². The third-order valence-electron chi connectivity index (χ3n) is 7.53. The van der Waals surface area contributed by atoms with Crippen molar-refractivity contribution in [3.63, 3.8) is 0 Å². The van der Waals surface area contributed by atoms with Gasteiger partial charge >= 0.3 is 0 Å². The number of likely N-dealkylation sites (tertiary alicyclic amines) is 1. The fraction of sp³-hybridized carbons (Fsp3) is 0.379. The van der Waals surface area contributed by atoms with Crippen LogP contribution in [0.2, 0.25) is 20.1 Å². The van der Waals surface area contributed by atoms with E-state index < -0.39 is 0 Å². The number of hydrogen-bond acceptors (Lipinski definition) is 5. The van der Waals surface area contributed by atoms with Crippen LogP contribution in [0.25, 0.3) is 0 Å². The van der Waals surface area contributed by atoms with Crippen molar-refractivity contribution >= 4 is 58.1 Å². The van der Waals surface area contributed by atoms with Gasteiger partial charge in [-0.1, -0.05) is 64.6 Å². The van der Waals surface area contributed by atoms with Crippen LogP contribution in [0.5, 0.6) is 0 Å². The lowest BCUT2D eigenvalue weighted by atomic mass is 10.0. The van der Waals surface area contributed by atoms with E-state index in [0.29, 0.717) is 33.2 Å². The van der Waals surface area contributed by atoms with E-state index in [4.69, 9.17) is 46.4 Å². The van der Waals surface area contributed by atoms with Crippen LogP contribution in [0.4, 0.5) is 5.82 Å². The first-order valence-corrected chi connectivity index (χ1v) is 14.7. The first-order valence-electron chi connectivity index (χ1n) is 13.2. The number of piperazine rings is 1. The molecular weight excluding hydrogens is 576 g/mol. The summed E-state index contributed by atoms with van der Waals surface area (Å²) in [7, 11) is 0. The van der Waals surface area contributed by atoms with Crippen LogP contribution in [0, 0.1) is 0 Å². The Labute approximate surface area is 251 Å². The second kappa shape index (κ2) is 13.1. The molecule has 2 aromatic carbocycles. The van der Waals surface area contributed by atoms with Crippen LogP contribution >= 0.6 is 46.4 Å². The van der Waals surface area contributed by atoms with Crippen LogP contribution in [0.3, 0.4) is 0 Å². The fourth-order valence-corrected chi connectivity index (χ4v) is 6.04. The molecule has 0 aliphatic carbocycles. The molecule has 3 aromatic rings. The molecule has 10 heteroatoms. The van der Waals surface area contributed by atoms with Gasteiger partial charge in [-0.3, -0.25) is 14.6 Å². The Hall–Kier alpha value is -2.06. The highest BCUT2D eigenvalue weighted by atomic mass is 35.5. The first kappa shape index (κ1) is 28.5. The van der Waals surface area contributed by atoms with E-state index >= 15 is 0 Å². The van der Waals surface area contributed by atoms with Crippen molar-refractivity contribution in [1.82, 2.24) is 20.1 Å². The Kier molecular flexibility index (Phi) is 9.54. The summed E-state index contributed by atoms with van der Waals surface area (Å²) in [5, 5.41) is 5.09. The number of amides is 1. The zero-order valence-electron chi connectivity index (χ0n) is 21.6. The van der Waals surface area contributed by atoms with Gasteiger partial charge < -0.3 is 10.2 Å². The van der Waals surface area contributed by atoms with Crippen molar-refractivity contribution in [2.45, 2.75) is 32.0 Å². The third-order valence-corrected chi connectivity index (χ3v) is 8.80. The summed E-state index contributed by atoms with van der Waals surface area (Å²) in [6, 6.07) is 15.7. The Morgan fingerprint density at radius 1 is 0.846 bits per heavy atom. The second-order valence-electron chi connectivity index (χ2n) is 10.1. The minimum atomic E-state index is -0.241. The van der Waals surface area contributed by atoms with E-state index in [9.17, 15) is 4.79 Å². The predicted octanol–water partition coefficient (Wildman–Crippen LogP) is 6.66. The highest BCUT2D eigenvalue weighted by molar-refractivity contribution is 6.42. The second-order valence-corrected chi connectivity index (χ2v) is 11.8. The lowest BCUT2D eigenvalue weighted by molar-refractivity contribution is 0.0950. The lowest BCUT2D eigenvalue weighted by Gasteiger charge is -2.43. The average molecular weight is 609 g/mol. The summed E-state index contributed by atoms with van der Waals surface area (Å²) in [6.45, 7) is 7.20. The molecule has 0 bridgehead atoms. The number of benzene rings is 2. The normalized spacial score (nSPS) is 17.4. The van der Waals surface area contributed by atoms with Gasteiger partial charge in [0.25, 0.3) is 5.91 Å². The Balaban J connectivity index is 0.00000370. The largest absolute Gasteiger partial charge is 0.353 e. The van der Waals surface area contributed by atoms with E-state index in [-0.39, 0.29) is 7.33 Å². The molecule has 0 unspecified atom stereocenters. The number of aromatic nitrogens is 1. The molecule has 39 heavy (non-hydrogen) atoms. The van der Waals surface area contributed by atoms with Gasteiger partial charge in [0.1, 0.15) is 5.82 Å². The monoisotopic (exact) mass is 607 g/mol. The third kappa shape index (κ3) is 7.37. The molecule has 6 nitrogen and oxygen atoms in total. The number of hydrogen-bond donors (Lipinski definition) is 1. The molecule has 2 aliphatic rings. The Bertz CT molecular complexity index is 1300. The lowest BCUT2D eigenvalue weighted by Crippen LogP contribution is -2.53. The van der Waals surface area contributed by atoms with Crippen LogP contribution in [0.15, 0.2) is 54.7 Å².